The number of para-hydroxylation sites is 1. The summed E-state index contributed by atoms with van der Waals surface area (Å²) in [4.78, 5) is 0. The summed E-state index contributed by atoms with van der Waals surface area (Å²) in [5, 5.41) is 19.5. The van der Waals surface area contributed by atoms with E-state index in [0.29, 0.717) is 5.75 Å². The summed E-state index contributed by atoms with van der Waals surface area (Å²) in [5.41, 5.74) is 0.903. The summed E-state index contributed by atoms with van der Waals surface area (Å²) in [6.45, 7) is 0. The van der Waals surface area contributed by atoms with E-state index in [2.05, 4.69) is 0 Å². The number of hydrogen-bond donors (Lipinski definition) is 2. The van der Waals surface area contributed by atoms with Crippen molar-refractivity contribution in [2.45, 2.75) is 37.7 Å². The maximum atomic E-state index is 9.84. The van der Waals surface area contributed by atoms with Crippen molar-refractivity contribution in [2.75, 3.05) is 0 Å². The molecule has 0 unspecified atom stereocenters. The molecule has 76 valence electrons. The lowest BCUT2D eigenvalue weighted by molar-refractivity contribution is 0.105. The quantitative estimate of drug-likeness (QED) is 0.717. The standard InChI is InChI=1S/C12H16O2/c13-11-7-3-1-5-9(11)10-6-2-4-8-12(10)14/h1,3,5,7,10,12-14H,2,4,6,8H2/t10-,12-/m0/s1. The molecule has 1 aliphatic carbocycles. The first-order valence-corrected chi connectivity index (χ1v) is 5.25. The lowest BCUT2D eigenvalue weighted by Crippen LogP contribution is -2.22. The Morgan fingerprint density at radius 2 is 1.79 bits per heavy atom. The van der Waals surface area contributed by atoms with Crippen molar-refractivity contribution in [3.8, 4) is 5.75 Å². The number of aliphatic hydroxyl groups is 1. The molecule has 1 fully saturated rings. The third-order valence-corrected chi connectivity index (χ3v) is 3.07. The first kappa shape index (κ1) is 9.53. The molecule has 1 aromatic carbocycles. The minimum absolute atomic E-state index is 0.130. The van der Waals surface area contributed by atoms with E-state index < -0.39 is 0 Å². The van der Waals surface area contributed by atoms with Crippen molar-refractivity contribution in [2.24, 2.45) is 0 Å². The van der Waals surface area contributed by atoms with Crippen molar-refractivity contribution in [1.29, 1.82) is 0 Å². The highest BCUT2D eigenvalue weighted by atomic mass is 16.3. The molecule has 0 radical (unpaired) electrons. The van der Waals surface area contributed by atoms with E-state index in [1.807, 2.05) is 18.2 Å². The molecule has 0 amide bonds. The van der Waals surface area contributed by atoms with Crippen LogP contribution in [0.3, 0.4) is 0 Å². The molecule has 2 heteroatoms. The van der Waals surface area contributed by atoms with E-state index in [0.717, 1.165) is 31.2 Å². The molecule has 0 bridgehead atoms. The van der Waals surface area contributed by atoms with Crippen molar-refractivity contribution < 1.29 is 10.2 Å². The number of rotatable bonds is 1. The molecular formula is C12H16O2. The number of hydrogen-bond acceptors (Lipinski definition) is 2. The Kier molecular flexibility index (Phi) is 2.73. The SMILES string of the molecule is Oc1ccccc1[C@@H]1CCCC[C@@H]1O. The lowest BCUT2D eigenvalue weighted by Gasteiger charge is -2.28. The molecule has 0 aliphatic heterocycles. The van der Waals surface area contributed by atoms with E-state index >= 15 is 0 Å². The van der Waals surface area contributed by atoms with Gasteiger partial charge in [-0.25, -0.2) is 0 Å². The zero-order valence-electron chi connectivity index (χ0n) is 8.19. The first-order valence-electron chi connectivity index (χ1n) is 5.25. The topological polar surface area (TPSA) is 40.5 Å². The first-order chi connectivity index (χ1) is 6.79. The monoisotopic (exact) mass is 192 g/mol. The van der Waals surface area contributed by atoms with E-state index in [4.69, 9.17) is 0 Å². The Morgan fingerprint density at radius 3 is 2.50 bits per heavy atom. The minimum Gasteiger partial charge on any atom is -0.508 e. The van der Waals surface area contributed by atoms with E-state index in [1.54, 1.807) is 6.07 Å². The lowest BCUT2D eigenvalue weighted by atomic mass is 9.81. The van der Waals surface area contributed by atoms with Gasteiger partial charge in [0, 0.05) is 5.92 Å². The van der Waals surface area contributed by atoms with Crippen LogP contribution < -0.4 is 0 Å². The van der Waals surface area contributed by atoms with E-state index in [-0.39, 0.29) is 12.0 Å². The minimum atomic E-state index is -0.281. The normalized spacial score (nSPS) is 27.5. The third-order valence-electron chi connectivity index (χ3n) is 3.07. The highest BCUT2D eigenvalue weighted by Crippen LogP contribution is 2.36. The molecule has 1 aromatic rings. The average Bonchev–Trinajstić information content (AvgIpc) is 2.20. The van der Waals surface area contributed by atoms with Gasteiger partial charge in [0.1, 0.15) is 5.75 Å². The van der Waals surface area contributed by atoms with Crippen LogP contribution in [0, 0.1) is 0 Å². The van der Waals surface area contributed by atoms with Gasteiger partial charge in [-0.3, -0.25) is 0 Å². The molecule has 0 saturated heterocycles. The summed E-state index contributed by atoms with van der Waals surface area (Å²) < 4.78 is 0. The van der Waals surface area contributed by atoms with Crippen LogP contribution >= 0.6 is 0 Å². The molecular weight excluding hydrogens is 176 g/mol. The zero-order chi connectivity index (χ0) is 9.97. The van der Waals surface area contributed by atoms with Crippen molar-refractivity contribution in [1.82, 2.24) is 0 Å². The second kappa shape index (κ2) is 4.01. The van der Waals surface area contributed by atoms with Crippen molar-refractivity contribution >= 4 is 0 Å². The zero-order valence-corrected chi connectivity index (χ0v) is 8.19. The molecule has 2 N–H and O–H groups in total. The van der Waals surface area contributed by atoms with Gasteiger partial charge in [-0.15, -0.1) is 0 Å². The second-order valence-electron chi connectivity index (χ2n) is 4.02. The predicted octanol–water partition coefficient (Wildman–Crippen LogP) is 2.41. The molecule has 1 aliphatic rings. The molecule has 0 spiro atoms. The van der Waals surface area contributed by atoms with Crippen LogP contribution in [0.25, 0.3) is 0 Å². The van der Waals surface area contributed by atoms with Gasteiger partial charge >= 0.3 is 0 Å². The van der Waals surface area contributed by atoms with Gasteiger partial charge in [-0.2, -0.15) is 0 Å². The average molecular weight is 192 g/mol. The summed E-state index contributed by atoms with van der Waals surface area (Å²) in [7, 11) is 0. The van der Waals surface area contributed by atoms with Crippen LogP contribution in [-0.2, 0) is 0 Å². The van der Waals surface area contributed by atoms with Gasteiger partial charge in [0.05, 0.1) is 6.10 Å². The summed E-state index contributed by atoms with van der Waals surface area (Å²) in [6.07, 6.45) is 3.82. The van der Waals surface area contributed by atoms with Gasteiger partial charge in [0.2, 0.25) is 0 Å². The van der Waals surface area contributed by atoms with Crippen molar-refractivity contribution in [3.05, 3.63) is 29.8 Å². The largest absolute Gasteiger partial charge is 0.508 e. The van der Waals surface area contributed by atoms with Gasteiger partial charge in [0.25, 0.3) is 0 Å². The van der Waals surface area contributed by atoms with Crippen molar-refractivity contribution in [3.63, 3.8) is 0 Å². The fraction of sp³-hybridized carbons (Fsp3) is 0.500. The number of aliphatic hydroxyl groups excluding tert-OH is 1. The van der Waals surface area contributed by atoms with E-state index in [9.17, 15) is 10.2 Å². The Morgan fingerprint density at radius 1 is 1.07 bits per heavy atom. The summed E-state index contributed by atoms with van der Waals surface area (Å²) >= 11 is 0. The summed E-state index contributed by atoms with van der Waals surface area (Å²) in [5.74, 6) is 0.448. The molecule has 0 aromatic heterocycles. The Labute approximate surface area is 84.2 Å². The van der Waals surface area contributed by atoms with Crippen LogP contribution in [0.4, 0.5) is 0 Å². The van der Waals surface area contributed by atoms with Crippen LogP contribution in [0.1, 0.15) is 37.2 Å². The molecule has 0 heterocycles. The highest BCUT2D eigenvalue weighted by Gasteiger charge is 2.26. The smallest absolute Gasteiger partial charge is 0.119 e. The maximum Gasteiger partial charge on any atom is 0.119 e. The van der Waals surface area contributed by atoms with Gasteiger partial charge < -0.3 is 10.2 Å². The van der Waals surface area contributed by atoms with Crippen LogP contribution in [0.15, 0.2) is 24.3 Å². The third kappa shape index (κ3) is 1.75. The number of benzene rings is 1. The van der Waals surface area contributed by atoms with Gasteiger partial charge in [-0.1, -0.05) is 31.0 Å². The van der Waals surface area contributed by atoms with Crippen LogP contribution in [0.2, 0.25) is 0 Å². The number of phenols is 1. The summed E-state index contributed by atoms with van der Waals surface area (Å²) in [6, 6.07) is 7.33. The Hall–Kier alpha value is -1.02. The maximum absolute atomic E-state index is 9.84. The molecule has 2 rings (SSSR count). The van der Waals surface area contributed by atoms with Crippen LogP contribution in [0.5, 0.6) is 5.75 Å². The Balaban J connectivity index is 2.25. The van der Waals surface area contributed by atoms with Gasteiger partial charge in [-0.05, 0) is 24.5 Å². The second-order valence-corrected chi connectivity index (χ2v) is 4.02. The van der Waals surface area contributed by atoms with Gasteiger partial charge in [0.15, 0.2) is 0 Å². The fourth-order valence-corrected chi connectivity index (χ4v) is 2.28. The van der Waals surface area contributed by atoms with E-state index in [1.165, 1.54) is 0 Å². The fourth-order valence-electron chi connectivity index (χ4n) is 2.28. The highest BCUT2D eigenvalue weighted by molar-refractivity contribution is 5.35. The predicted molar refractivity (Wildman–Crippen MR) is 55.3 cm³/mol. The Bertz CT molecular complexity index is 309. The number of aromatic hydroxyl groups is 1. The molecule has 1 saturated carbocycles. The molecule has 2 atom stereocenters. The molecule has 14 heavy (non-hydrogen) atoms. The van der Waals surface area contributed by atoms with Crippen LogP contribution in [-0.4, -0.2) is 16.3 Å². The number of phenolic OH excluding ortho intramolecular Hbond substituents is 1. The molecule has 2 nitrogen and oxygen atoms in total.